The van der Waals surface area contributed by atoms with E-state index in [1.54, 1.807) is 0 Å². The van der Waals surface area contributed by atoms with Gasteiger partial charge in [-0.2, -0.15) is 0 Å². The third-order valence-electron chi connectivity index (χ3n) is 3.22. The van der Waals surface area contributed by atoms with Gasteiger partial charge in [-0.1, -0.05) is 39.0 Å². The number of nitrogens with one attached hydrogen (secondary N) is 1. The fraction of sp³-hybridized carbons (Fsp3) is 1.00. The first-order valence-electron chi connectivity index (χ1n) is 8.45. The van der Waals surface area contributed by atoms with Crippen LogP contribution in [0.3, 0.4) is 0 Å². The van der Waals surface area contributed by atoms with Crippen LogP contribution in [0.2, 0.25) is 0 Å². The van der Waals surface area contributed by atoms with Crippen molar-refractivity contribution in [3.8, 4) is 0 Å². The molecule has 0 aliphatic rings. The molecular weight excluding hydrogens is 254 g/mol. The fourth-order valence-electron chi connectivity index (χ4n) is 1.90. The summed E-state index contributed by atoms with van der Waals surface area (Å²) in [4.78, 5) is 5.33. The van der Waals surface area contributed by atoms with E-state index in [0.29, 0.717) is 6.61 Å². The normalized spacial score (nSPS) is 11.1. The number of aliphatic hydroxyl groups is 1. The Kier molecular flexibility index (Phi) is 18.7. The van der Waals surface area contributed by atoms with Crippen LogP contribution in [0.15, 0.2) is 0 Å². The van der Waals surface area contributed by atoms with Gasteiger partial charge in [-0.25, -0.2) is 5.48 Å². The second kappa shape index (κ2) is 18.8. The van der Waals surface area contributed by atoms with Gasteiger partial charge in [0.05, 0.1) is 6.61 Å². The van der Waals surface area contributed by atoms with Crippen LogP contribution in [0.25, 0.3) is 0 Å². The molecule has 0 aliphatic carbocycles. The Labute approximate surface area is 125 Å². The van der Waals surface area contributed by atoms with Crippen LogP contribution in [0.4, 0.5) is 0 Å². The van der Waals surface area contributed by atoms with Crippen LogP contribution >= 0.6 is 0 Å². The van der Waals surface area contributed by atoms with Crippen molar-refractivity contribution in [3.05, 3.63) is 0 Å². The smallest absolute Gasteiger partial charge is 0.0682 e. The van der Waals surface area contributed by atoms with Gasteiger partial charge in [0.25, 0.3) is 0 Å². The molecular formula is C16H35NO3. The van der Waals surface area contributed by atoms with Crippen molar-refractivity contribution in [2.75, 3.05) is 33.0 Å². The Bertz CT molecular complexity index is 150. The van der Waals surface area contributed by atoms with Crippen molar-refractivity contribution < 1.29 is 14.7 Å². The van der Waals surface area contributed by atoms with E-state index in [1.165, 1.54) is 32.1 Å². The molecule has 0 spiro atoms. The molecule has 0 aromatic heterocycles. The van der Waals surface area contributed by atoms with E-state index >= 15 is 0 Å². The summed E-state index contributed by atoms with van der Waals surface area (Å²) in [5, 5.41) is 8.64. The molecule has 0 radical (unpaired) electrons. The third-order valence-corrected chi connectivity index (χ3v) is 3.22. The van der Waals surface area contributed by atoms with Gasteiger partial charge in [-0.05, 0) is 32.1 Å². The summed E-state index contributed by atoms with van der Waals surface area (Å²) in [6.07, 6.45) is 11.4. The first-order valence-corrected chi connectivity index (χ1v) is 8.45. The maximum Gasteiger partial charge on any atom is 0.0682 e. The summed E-state index contributed by atoms with van der Waals surface area (Å²) in [7, 11) is 0. The van der Waals surface area contributed by atoms with Crippen molar-refractivity contribution in [2.24, 2.45) is 0 Å². The predicted molar refractivity (Wildman–Crippen MR) is 83.7 cm³/mol. The molecule has 0 aliphatic heterocycles. The molecule has 4 heteroatoms. The first-order chi connectivity index (χ1) is 9.91. The van der Waals surface area contributed by atoms with Crippen LogP contribution in [0, 0.1) is 0 Å². The minimum atomic E-state index is 0.318. The molecule has 0 fully saturated rings. The third kappa shape index (κ3) is 17.8. The predicted octanol–water partition coefficient (Wildman–Crippen LogP) is 3.44. The lowest BCUT2D eigenvalue weighted by molar-refractivity contribution is 0.0375. The van der Waals surface area contributed by atoms with Gasteiger partial charge in [0.2, 0.25) is 0 Å². The zero-order valence-electron chi connectivity index (χ0n) is 13.4. The van der Waals surface area contributed by atoms with Crippen molar-refractivity contribution in [1.82, 2.24) is 5.48 Å². The van der Waals surface area contributed by atoms with E-state index in [4.69, 9.17) is 14.7 Å². The van der Waals surface area contributed by atoms with Gasteiger partial charge in [-0.3, -0.25) is 0 Å². The number of rotatable bonds is 17. The van der Waals surface area contributed by atoms with E-state index in [-0.39, 0.29) is 0 Å². The highest BCUT2D eigenvalue weighted by Crippen LogP contribution is 2.02. The molecule has 0 saturated carbocycles. The number of hydrogen-bond donors (Lipinski definition) is 2. The van der Waals surface area contributed by atoms with Crippen molar-refractivity contribution in [2.45, 2.75) is 71.1 Å². The molecule has 2 N–H and O–H groups in total. The van der Waals surface area contributed by atoms with Gasteiger partial charge >= 0.3 is 0 Å². The zero-order valence-corrected chi connectivity index (χ0v) is 13.4. The van der Waals surface area contributed by atoms with E-state index in [0.717, 1.165) is 58.5 Å². The summed E-state index contributed by atoms with van der Waals surface area (Å²) in [6.45, 7) is 6.03. The summed E-state index contributed by atoms with van der Waals surface area (Å²) in [5.41, 5.74) is 2.99. The van der Waals surface area contributed by atoms with E-state index in [9.17, 15) is 0 Å². The molecule has 122 valence electrons. The van der Waals surface area contributed by atoms with Gasteiger partial charge in [0.1, 0.15) is 0 Å². The Morgan fingerprint density at radius 1 is 0.750 bits per heavy atom. The molecule has 0 rings (SSSR count). The number of ether oxygens (including phenoxy) is 1. The molecule has 0 aromatic rings. The van der Waals surface area contributed by atoms with Gasteiger partial charge in [-0.15, -0.1) is 0 Å². The number of hydrogen-bond acceptors (Lipinski definition) is 4. The van der Waals surface area contributed by atoms with Gasteiger partial charge < -0.3 is 14.7 Å². The van der Waals surface area contributed by atoms with E-state index < -0.39 is 0 Å². The molecule has 0 bridgehead atoms. The molecule has 0 saturated heterocycles. The Hall–Kier alpha value is -0.160. The zero-order chi connectivity index (χ0) is 14.7. The number of aliphatic hydroxyl groups excluding tert-OH is 1. The number of hydroxylamine groups is 1. The molecule has 0 amide bonds. The van der Waals surface area contributed by atoms with Crippen LogP contribution in [0.1, 0.15) is 71.1 Å². The van der Waals surface area contributed by atoms with Crippen molar-refractivity contribution in [3.63, 3.8) is 0 Å². The van der Waals surface area contributed by atoms with Crippen LogP contribution in [0.5, 0.6) is 0 Å². The summed E-state index contributed by atoms with van der Waals surface area (Å²) >= 11 is 0. The second-order valence-corrected chi connectivity index (χ2v) is 5.26. The first kappa shape index (κ1) is 19.8. The monoisotopic (exact) mass is 289 g/mol. The average Bonchev–Trinajstić information content (AvgIpc) is 2.47. The van der Waals surface area contributed by atoms with Crippen molar-refractivity contribution in [1.29, 1.82) is 0 Å². The number of unbranched alkanes of at least 4 members (excludes halogenated alkanes) is 7. The van der Waals surface area contributed by atoms with E-state index in [1.807, 2.05) is 0 Å². The minimum absolute atomic E-state index is 0.318. The van der Waals surface area contributed by atoms with Crippen LogP contribution in [-0.4, -0.2) is 38.1 Å². The Balaban J connectivity index is 2.89. The molecule has 0 aromatic carbocycles. The van der Waals surface area contributed by atoms with E-state index in [2.05, 4.69) is 12.4 Å². The average molecular weight is 289 g/mol. The summed E-state index contributed by atoms with van der Waals surface area (Å²) in [6, 6.07) is 0. The van der Waals surface area contributed by atoms with Crippen molar-refractivity contribution >= 4 is 0 Å². The topological polar surface area (TPSA) is 50.7 Å². The quantitative estimate of drug-likeness (QED) is 0.318. The highest BCUT2D eigenvalue weighted by molar-refractivity contribution is 4.44. The molecule has 0 unspecified atom stereocenters. The van der Waals surface area contributed by atoms with Crippen LogP contribution in [-0.2, 0) is 9.57 Å². The maximum atomic E-state index is 8.64. The lowest BCUT2D eigenvalue weighted by Gasteiger charge is -2.06. The summed E-state index contributed by atoms with van der Waals surface area (Å²) in [5.74, 6) is 0. The lowest BCUT2D eigenvalue weighted by Crippen LogP contribution is -2.16. The molecule has 0 atom stereocenters. The maximum absolute atomic E-state index is 8.64. The molecule has 0 heterocycles. The molecule has 20 heavy (non-hydrogen) atoms. The molecule has 4 nitrogen and oxygen atoms in total. The minimum Gasteiger partial charge on any atom is -0.396 e. The van der Waals surface area contributed by atoms with Gasteiger partial charge in [0, 0.05) is 26.4 Å². The highest BCUT2D eigenvalue weighted by Gasteiger charge is 1.93. The summed E-state index contributed by atoms with van der Waals surface area (Å²) < 4.78 is 5.58. The second-order valence-electron chi connectivity index (χ2n) is 5.26. The standard InChI is InChI=1S/C16H35NO3/c1-2-3-12-17-20-16-11-7-6-10-15-19-14-9-5-4-8-13-18/h17-18H,2-16H2,1H3. The highest BCUT2D eigenvalue weighted by atomic mass is 16.6. The lowest BCUT2D eigenvalue weighted by atomic mass is 10.2. The fourth-order valence-corrected chi connectivity index (χ4v) is 1.90. The van der Waals surface area contributed by atoms with Crippen LogP contribution < -0.4 is 5.48 Å². The largest absolute Gasteiger partial charge is 0.396 e. The van der Waals surface area contributed by atoms with Gasteiger partial charge in [0.15, 0.2) is 0 Å². The SMILES string of the molecule is CCCCNOCCCCCCOCCCCCCO. The Morgan fingerprint density at radius 3 is 1.95 bits per heavy atom. The Morgan fingerprint density at radius 2 is 1.35 bits per heavy atom.